The fourth-order valence-corrected chi connectivity index (χ4v) is 3.42. The molecule has 4 nitrogen and oxygen atoms in total. The summed E-state index contributed by atoms with van der Waals surface area (Å²) in [4.78, 5) is 13.7. The van der Waals surface area contributed by atoms with Crippen LogP contribution in [-0.4, -0.2) is 36.2 Å². The first-order valence-corrected chi connectivity index (χ1v) is 8.72. The van der Waals surface area contributed by atoms with Gasteiger partial charge in [-0.1, -0.05) is 18.2 Å². The molecule has 1 fully saturated rings. The molecule has 2 aromatic rings. The van der Waals surface area contributed by atoms with E-state index in [2.05, 4.69) is 0 Å². The van der Waals surface area contributed by atoms with E-state index in [1.165, 1.54) is 24.3 Å². The topological polar surface area (TPSA) is 55.6 Å². The van der Waals surface area contributed by atoms with Crippen molar-refractivity contribution in [1.82, 2.24) is 4.90 Å². The molecule has 2 unspecified atom stereocenters. The molecule has 0 aromatic heterocycles. The predicted molar refractivity (Wildman–Crippen MR) is 95.6 cm³/mol. The summed E-state index contributed by atoms with van der Waals surface area (Å²) >= 11 is 0. The number of hydrogen-bond acceptors (Lipinski definition) is 3. The summed E-state index contributed by atoms with van der Waals surface area (Å²) in [7, 11) is 0. The smallest absolute Gasteiger partial charge is 0.410 e. The average Bonchev–Trinajstić information content (AvgIpc) is 2.95. The van der Waals surface area contributed by atoms with Gasteiger partial charge in [0.05, 0.1) is 12.6 Å². The van der Waals surface area contributed by atoms with Crippen LogP contribution in [0.4, 0.5) is 13.6 Å². The molecule has 2 atom stereocenters. The van der Waals surface area contributed by atoms with Gasteiger partial charge in [-0.25, -0.2) is 13.6 Å². The van der Waals surface area contributed by atoms with Gasteiger partial charge in [0.25, 0.3) is 0 Å². The Bertz CT molecular complexity index is 797. The number of ether oxygens (including phenoxy) is 1. The fraction of sp³-hybridized carbons (Fsp3) is 0.350. The number of benzene rings is 2. The lowest BCUT2D eigenvalue weighted by molar-refractivity contribution is 0.101. The third kappa shape index (κ3) is 4.02. The van der Waals surface area contributed by atoms with Crippen molar-refractivity contribution < 1.29 is 18.3 Å². The zero-order valence-corrected chi connectivity index (χ0v) is 14.6. The number of carbonyl (C=O) groups excluding carboxylic acids is 1. The number of nitrogens with zero attached hydrogens (tertiary/aromatic N) is 1. The number of rotatable bonds is 4. The molecule has 138 valence electrons. The van der Waals surface area contributed by atoms with Crippen molar-refractivity contribution in [2.24, 2.45) is 5.73 Å². The van der Waals surface area contributed by atoms with Gasteiger partial charge in [-0.15, -0.1) is 0 Å². The molecule has 2 N–H and O–H groups in total. The molecule has 1 amide bonds. The first-order valence-electron chi connectivity index (χ1n) is 8.72. The van der Waals surface area contributed by atoms with Crippen molar-refractivity contribution in [3.05, 3.63) is 59.7 Å². The van der Waals surface area contributed by atoms with E-state index in [1.807, 2.05) is 6.07 Å². The number of likely N-dealkylation sites (tertiary alicyclic amines) is 1. The van der Waals surface area contributed by atoms with Crippen molar-refractivity contribution in [2.75, 3.05) is 13.2 Å². The first-order chi connectivity index (χ1) is 12.5. The van der Waals surface area contributed by atoms with Crippen molar-refractivity contribution in [2.45, 2.75) is 31.8 Å². The molecule has 0 saturated carbocycles. The van der Waals surface area contributed by atoms with E-state index in [0.29, 0.717) is 42.7 Å². The normalized spacial score (nSPS) is 19.6. The lowest BCUT2D eigenvalue weighted by atomic mass is 9.96. The summed E-state index contributed by atoms with van der Waals surface area (Å²) in [6.07, 6.45) is 0.697. The van der Waals surface area contributed by atoms with Crippen LogP contribution >= 0.6 is 0 Å². The van der Waals surface area contributed by atoms with E-state index < -0.39 is 11.9 Å². The Morgan fingerprint density at radius 2 is 1.96 bits per heavy atom. The van der Waals surface area contributed by atoms with Gasteiger partial charge in [0.1, 0.15) is 11.6 Å². The van der Waals surface area contributed by atoms with Crippen LogP contribution in [0.25, 0.3) is 11.1 Å². The molecule has 0 spiro atoms. The monoisotopic (exact) mass is 360 g/mol. The maximum Gasteiger partial charge on any atom is 0.410 e. The van der Waals surface area contributed by atoms with E-state index in [4.69, 9.17) is 10.5 Å². The van der Waals surface area contributed by atoms with Gasteiger partial charge < -0.3 is 15.4 Å². The van der Waals surface area contributed by atoms with E-state index in [-0.39, 0.29) is 17.9 Å². The van der Waals surface area contributed by atoms with Gasteiger partial charge >= 0.3 is 6.09 Å². The maximum absolute atomic E-state index is 14.1. The summed E-state index contributed by atoms with van der Waals surface area (Å²) in [5.74, 6) is -0.782. The summed E-state index contributed by atoms with van der Waals surface area (Å²) < 4.78 is 32.7. The molecule has 1 heterocycles. The Morgan fingerprint density at radius 1 is 1.19 bits per heavy atom. The van der Waals surface area contributed by atoms with Crippen LogP contribution < -0.4 is 5.73 Å². The third-order valence-electron chi connectivity index (χ3n) is 4.66. The molecule has 1 aliphatic heterocycles. The molecule has 3 rings (SSSR count). The second-order valence-corrected chi connectivity index (χ2v) is 6.47. The van der Waals surface area contributed by atoms with Crippen LogP contribution in [0.3, 0.4) is 0 Å². The zero-order valence-electron chi connectivity index (χ0n) is 14.6. The summed E-state index contributed by atoms with van der Waals surface area (Å²) in [5.41, 5.74) is 8.07. The van der Waals surface area contributed by atoms with Crippen LogP contribution in [0.2, 0.25) is 0 Å². The molecular formula is C20H22F2N2O2. The highest BCUT2D eigenvalue weighted by Crippen LogP contribution is 2.26. The van der Waals surface area contributed by atoms with Crippen molar-refractivity contribution in [3.8, 4) is 11.1 Å². The Hall–Kier alpha value is -2.47. The Morgan fingerprint density at radius 3 is 2.69 bits per heavy atom. The van der Waals surface area contributed by atoms with Crippen molar-refractivity contribution in [1.29, 1.82) is 0 Å². The summed E-state index contributed by atoms with van der Waals surface area (Å²) in [6.45, 7) is 2.57. The molecule has 1 aliphatic rings. The molecule has 2 aromatic carbocycles. The molecule has 1 saturated heterocycles. The van der Waals surface area contributed by atoms with Crippen LogP contribution in [0.5, 0.6) is 0 Å². The standard InChI is InChI=1S/C20H22F2N2O2/c1-2-26-20(25)24-7-6-18(23)19(24)10-13-8-15(12-17(22)9-13)14-4-3-5-16(21)11-14/h3-5,8-9,11-12,18-19H,2,6-7,10,23H2,1H3. The molecule has 26 heavy (non-hydrogen) atoms. The molecule has 6 heteroatoms. The maximum atomic E-state index is 14.1. The Kier molecular flexibility index (Phi) is 5.52. The van der Waals surface area contributed by atoms with Gasteiger partial charge in [0.15, 0.2) is 0 Å². The van der Waals surface area contributed by atoms with Gasteiger partial charge in [0, 0.05) is 12.6 Å². The summed E-state index contributed by atoms with van der Waals surface area (Å²) in [6, 6.07) is 10.2. The van der Waals surface area contributed by atoms with Crippen LogP contribution in [0, 0.1) is 11.6 Å². The van der Waals surface area contributed by atoms with Gasteiger partial charge in [-0.2, -0.15) is 0 Å². The van der Waals surface area contributed by atoms with Crippen LogP contribution in [0.1, 0.15) is 18.9 Å². The minimum atomic E-state index is -0.406. The second kappa shape index (κ2) is 7.83. The number of amides is 1. The fourth-order valence-electron chi connectivity index (χ4n) is 3.42. The predicted octanol–water partition coefficient (Wildman–Crippen LogP) is 3.73. The largest absolute Gasteiger partial charge is 0.450 e. The quantitative estimate of drug-likeness (QED) is 0.904. The Balaban J connectivity index is 1.86. The van der Waals surface area contributed by atoms with E-state index in [1.54, 1.807) is 24.0 Å². The van der Waals surface area contributed by atoms with Crippen LogP contribution in [-0.2, 0) is 11.2 Å². The second-order valence-electron chi connectivity index (χ2n) is 6.47. The summed E-state index contributed by atoms with van der Waals surface area (Å²) in [5, 5.41) is 0. The lowest BCUT2D eigenvalue weighted by Gasteiger charge is -2.26. The van der Waals surface area contributed by atoms with Crippen LogP contribution in [0.15, 0.2) is 42.5 Å². The number of hydrogen-bond donors (Lipinski definition) is 1. The first kappa shape index (κ1) is 18.3. The Labute approximate surface area is 151 Å². The number of halogens is 2. The average molecular weight is 360 g/mol. The number of nitrogens with two attached hydrogens (primary N) is 1. The minimum absolute atomic E-state index is 0.194. The van der Waals surface area contributed by atoms with E-state index in [9.17, 15) is 13.6 Å². The highest BCUT2D eigenvalue weighted by Gasteiger charge is 2.35. The van der Waals surface area contributed by atoms with E-state index >= 15 is 0 Å². The highest BCUT2D eigenvalue weighted by molar-refractivity contribution is 5.69. The lowest BCUT2D eigenvalue weighted by Crippen LogP contribution is -2.44. The van der Waals surface area contributed by atoms with E-state index in [0.717, 1.165) is 0 Å². The van der Waals surface area contributed by atoms with Gasteiger partial charge in [0.2, 0.25) is 0 Å². The minimum Gasteiger partial charge on any atom is -0.450 e. The van der Waals surface area contributed by atoms with Gasteiger partial charge in [-0.3, -0.25) is 0 Å². The zero-order chi connectivity index (χ0) is 18.7. The highest BCUT2D eigenvalue weighted by atomic mass is 19.1. The van der Waals surface area contributed by atoms with Gasteiger partial charge in [-0.05, 0) is 60.7 Å². The van der Waals surface area contributed by atoms with Crippen molar-refractivity contribution in [3.63, 3.8) is 0 Å². The molecule has 0 aliphatic carbocycles. The number of carbonyl (C=O) groups is 1. The third-order valence-corrected chi connectivity index (χ3v) is 4.66. The van der Waals surface area contributed by atoms with Crippen molar-refractivity contribution >= 4 is 6.09 Å². The molecule has 0 radical (unpaired) electrons. The molecule has 0 bridgehead atoms. The SMILES string of the molecule is CCOC(=O)N1CCC(N)C1Cc1cc(F)cc(-c2cccc(F)c2)c1. The molecular weight excluding hydrogens is 338 g/mol.